The van der Waals surface area contributed by atoms with Gasteiger partial charge in [-0.3, -0.25) is 10.1 Å². The number of allylic oxidation sites excluding steroid dienone is 2. The Kier molecular flexibility index (Phi) is 5.16. The van der Waals surface area contributed by atoms with Gasteiger partial charge in [0, 0.05) is 32.4 Å². The Morgan fingerprint density at radius 2 is 2.08 bits per heavy atom. The van der Waals surface area contributed by atoms with Crippen molar-refractivity contribution in [3.05, 3.63) is 51.7 Å². The monoisotopic (exact) mass is 341 g/mol. The van der Waals surface area contributed by atoms with Crippen LogP contribution in [0.25, 0.3) is 5.57 Å². The molecular weight excluding hydrogens is 323 g/mol. The molecule has 1 heterocycles. The molecule has 130 valence electrons. The minimum absolute atomic E-state index is 0.0851. The van der Waals surface area contributed by atoms with Crippen LogP contribution in [-0.2, 0) is 0 Å². The first-order chi connectivity index (χ1) is 11.2. The number of hydrogen-bond donors (Lipinski definition) is 1. The van der Waals surface area contributed by atoms with E-state index in [9.17, 15) is 23.3 Å². The van der Waals surface area contributed by atoms with Gasteiger partial charge < -0.3 is 10.2 Å². The van der Waals surface area contributed by atoms with Gasteiger partial charge in [0.05, 0.1) is 11.3 Å². The van der Waals surface area contributed by atoms with Crippen LogP contribution in [0.3, 0.4) is 0 Å². The number of nitro benzene ring substituents is 1. The first-order valence-electron chi connectivity index (χ1n) is 7.34. The van der Waals surface area contributed by atoms with Crippen LogP contribution in [0.4, 0.5) is 24.5 Å². The van der Waals surface area contributed by atoms with Crippen LogP contribution in [0, 0.1) is 10.1 Å². The lowest BCUT2D eigenvalue weighted by Gasteiger charge is -2.22. The summed E-state index contributed by atoms with van der Waals surface area (Å²) in [5.41, 5.74) is 2.53. The molecule has 0 aromatic heterocycles. The van der Waals surface area contributed by atoms with E-state index in [-0.39, 0.29) is 11.4 Å². The number of halogens is 3. The van der Waals surface area contributed by atoms with Crippen molar-refractivity contribution < 1.29 is 18.1 Å². The smallest absolute Gasteiger partial charge is 0.379 e. The molecule has 0 spiro atoms. The van der Waals surface area contributed by atoms with Crippen molar-refractivity contribution in [1.82, 2.24) is 4.90 Å². The number of hydrogen-bond acceptors (Lipinski definition) is 4. The molecule has 0 radical (unpaired) electrons. The second-order valence-electron chi connectivity index (χ2n) is 5.77. The number of nitro groups is 1. The molecule has 1 aliphatic rings. The Morgan fingerprint density at radius 3 is 2.67 bits per heavy atom. The molecule has 5 nitrogen and oxygen atoms in total. The molecule has 0 saturated heterocycles. The topological polar surface area (TPSA) is 58.4 Å². The highest BCUT2D eigenvalue weighted by Gasteiger charge is 2.27. The van der Waals surface area contributed by atoms with Gasteiger partial charge in [0.2, 0.25) is 0 Å². The van der Waals surface area contributed by atoms with Gasteiger partial charge in [-0.2, -0.15) is 13.2 Å². The van der Waals surface area contributed by atoms with E-state index in [1.54, 1.807) is 6.07 Å². The standard InChI is InChI=1S/C16H18F3N3O2/c1-11-7-13(10-21(2)9-11)12-3-4-15(22(23)24)14(8-12)20-6-5-16(17,18)19/h3-4,7-8,10,20H,5-6,9H2,1-2H3. The van der Waals surface area contributed by atoms with Gasteiger partial charge in [-0.15, -0.1) is 0 Å². The molecule has 8 heteroatoms. The van der Waals surface area contributed by atoms with E-state index in [0.717, 1.165) is 17.7 Å². The van der Waals surface area contributed by atoms with E-state index in [1.807, 2.05) is 31.1 Å². The molecule has 1 N–H and O–H groups in total. The average molecular weight is 341 g/mol. The number of nitrogens with one attached hydrogen (secondary N) is 1. The molecule has 0 amide bonds. The van der Waals surface area contributed by atoms with Crippen LogP contribution in [0.5, 0.6) is 0 Å². The van der Waals surface area contributed by atoms with Crippen molar-refractivity contribution in [1.29, 1.82) is 0 Å². The predicted molar refractivity (Wildman–Crippen MR) is 86.6 cm³/mol. The van der Waals surface area contributed by atoms with E-state index >= 15 is 0 Å². The van der Waals surface area contributed by atoms with E-state index in [1.165, 1.54) is 12.1 Å². The van der Waals surface area contributed by atoms with Gasteiger partial charge in [0.25, 0.3) is 5.69 Å². The number of likely N-dealkylation sites (N-methyl/N-ethyl adjacent to an activating group) is 1. The lowest BCUT2D eigenvalue weighted by Crippen LogP contribution is -2.17. The Bertz CT molecular complexity index is 696. The molecule has 24 heavy (non-hydrogen) atoms. The summed E-state index contributed by atoms with van der Waals surface area (Å²) in [5.74, 6) is 0. The predicted octanol–water partition coefficient (Wildman–Crippen LogP) is 4.19. The number of alkyl halides is 3. The second-order valence-corrected chi connectivity index (χ2v) is 5.77. The van der Waals surface area contributed by atoms with Crippen LogP contribution in [0.1, 0.15) is 18.9 Å². The van der Waals surface area contributed by atoms with E-state index in [0.29, 0.717) is 5.56 Å². The highest BCUT2D eigenvalue weighted by atomic mass is 19.4. The van der Waals surface area contributed by atoms with E-state index in [4.69, 9.17) is 0 Å². The van der Waals surface area contributed by atoms with Crippen molar-refractivity contribution in [3.63, 3.8) is 0 Å². The van der Waals surface area contributed by atoms with Crippen molar-refractivity contribution in [2.75, 3.05) is 25.5 Å². The number of anilines is 1. The maximum Gasteiger partial charge on any atom is 0.390 e. The van der Waals surface area contributed by atoms with Gasteiger partial charge in [0.1, 0.15) is 5.69 Å². The molecule has 0 atom stereocenters. The molecule has 0 bridgehead atoms. The fourth-order valence-corrected chi connectivity index (χ4v) is 2.54. The fourth-order valence-electron chi connectivity index (χ4n) is 2.54. The molecule has 0 aliphatic carbocycles. The van der Waals surface area contributed by atoms with Crippen LogP contribution < -0.4 is 5.32 Å². The van der Waals surface area contributed by atoms with Crippen molar-refractivity contribution in [2.24, 2.45) is 0 Å². The first kappa shape index (κ1) is 17.8. The molecule has 1 aromatic rings. The van der Waals surface area contributed by atoms with Gasteiger partial charge in [-0.25, -0.2) is 0 Å². The largest absolute Gasteiger partial charge is 0.390 e. The van der Waals surface area contributed by atoms with E-state index < -0.39 is 24.1 Å². The van der Waals surface area contributed by atoms with Gasteiger partial charge in [-0.1, -0.05) is 11.6 Å². The summed E-state index contributed by atoms with van der Waals surface area (Å²) in [6, 6.07) is 4.43. The van der Waals surface area contributed by atoms with Gasteiger partial charge in [-0.05, 0) is 30.2 Å². The Morgan fingerprint density at radius 1 is 1.38 bits per heavy atom. The Hall–Kier alpha value is -2.51. The van der Waals surface area contributed by atoms with Crippen LogP contribution in [0.2, 0.25) is 0 Å². The van der Waals surface area contributed by atoms with Crippen molar-refractivity contribution >= 4 is 16.9 Å². The fraction of sp³-hybridized carbons (Fsp3) is 0.375. The van der Waals surface area contributed by atoms with Crippen LogP contribution in [0.15, 0.2) is 36.0 Å². The maximum absolute atomic E-state index is 12.3. The maximum atomic E-state index is 12.3. The lowest BCUT2D eigenvalue weighted by molar-refractivity contribution is -0.384. The number of rotatable bonds is 5. The Balaban J connectivity index is 2.29. The summed E-state index contributed by atoms with van der Waals surface area (Å²) < 4.78 is 36.8. The zero-order valence-corrected chi connectivity index (χ0v) is 13.4. The zero-order valence-electron chi connectivity index (χ0n) is 13.4. The van der Waals surface area contributed by atoms with Crippen molar-refractivity contribution in [3.8, 4) is 0 Å². The summed E-state index contributed by atoms with van der Waals surface area (Å²) in [6.07, 6.45) is -1.51. The van der Waals surface area contributed by atoms with Gasteiger partial charge >= 0.3 is 6.18 Å². The summed E-state index contributed by atoms with van der Waals surface area (Å²) in [7, 11) is 1.91. The van der Waals surface area contributed by atoms with Crippen LogP contribution >= 0.6 is 0 Å². The second kappa shape index (κ2) is 6.94. The molecular formula is C16H18F3N3O2. The third kappa shape index (κ3) is 4.74. The highest BCUT2D eigenvalue weighted by molar-refractivity contribution is 5.79. The first-order valence-corrected chi connectivity index (χ1v) is 7.34. The number of nitrogens with zero attached hydrogens (tertiary/aromatic N) is 2. The summed E-state index contributed by atoms with van der Waals surface area (Å²) >= 11 is 0. The quantitative estimate of drug-likeness (QED) is 0.644. The van der Waals surface area contributed by atoms with E-state index in [2.05, 4.69) is 5.32 Å². The van der Waals surface area contributed by atoms with Crippen molar-refractivity contribution in [2.45, 2.75) is 19.5 Å². The minimum Gasteiger partial charge on any atom is -0.379 e. The molecule has 1 aromatic carbocycles. The minimum atomic E-state index is -4.31. The molecule has 1 aliphatic heterocycles. The molecule has 0 saturated carbocycles. The Labute approximate surface area is 137 Å². The third-order valence-electron chi connectivity index (χ3n) is 3.51. The molecule has 2 rings (SSSR count). The van der Waals surface area contributed by atoms with Crippen LogP contribution in [-0.4, -0.2) is 36.1 Å². The summed E-state index contributed by atoms with van der Waals surface area (Å²) in [4.78, 5) is 12.4. The molecule has 0 unspecified atom stereocenters. The lowest BCUT2D eigenvalue weighted by atomic mass is 10.0. The zero-order chi connectivity index (χ0) is 17.9. The normalized spacial score (nSPS) is 15.0. The summed E-state index contributed by atoms with van der Waals surface area (Å²) in [5, 5.41) is 13.6. The summed E-state index contributed by atoms with van der Waals surface area (Å²) in [6.45, 7) is 2.34. The third-order valence-corrected chi connectivity index (χ3v) is 3.51. The molecule has 0 fully saturated rings. The average Bonchev–Trinajstić information content (AvgIpc) is 2.44. The van der Waals surface area contributed by atoms with Gasteiger partial charge in [0.15, 0.2) is 0 Å². The highest BCUT2D eigenvalue weighted by Crippen LogP contribution is 2.31. The SMILES string of the molecule is CC1=CC(c2ccc([N+](=O)[O-])c(NCCC(F)(F)F)c2)=CN(C)C1. The number of benzene rings is 1.